The first kappa shape index (κ1) is 17.5. The first-order chi connectivity index (χ1) is 11.2. The highest BCUT2D eigenvalue weighted by Gasteiger charge is 2.12. The minimum atomic E-state index is 0.0446. The van der Waals surface area contributed by atoms with E-state index in [1.807, 2.05) is 31.2 Å². The molecule has 2 N–H and O–H groups in total. The van der Waals surface area contributed by atoms with Crippen LogP contribution in [-0.4, -0.2) is 26.1 Å². The van der Waals surface area contributed by atoms with Crippen LogP contribution < -0.4 is 15.4 Å². The molecular weight excluding hydrogens is 288 g/mol. The number of hydrogen-bond acceptors (Lipinski definition) is 3. The molecular formula is C19H28N2O2. The highest BCUT2D eigenvalue weighted by atomic mass is 16.5. The number of ether oxygens (including phenoxy) is 1. The van der Waals surface area contributed by atoms with Crippen molar-refractivity contribution in [3.8, 4) is 5.75 Å². The van der Waals surface area contributed by atoms with Crippen molar-refractivity contribution in [2.75, 3.05) is 20.2 Å². The zero-order chi connectivity index (χ0) is 16.5. The minimum Gasteiger partial charge on any atom is -0.496 e. The fourth-order valence-electron chi connectivity index (χ4n) is 2.94. The van der Waals surface area contributed by atoms with Gasteiger partial charge in [-0.15, -0.1) is 0 Å². The van der Waals surface area contributed by atoms with E-state index in [1.54, 1.807) is 7.11 Å². The Morgan fingerprint density at radius 1 is 1.30 bits per heavy atom. The lowest BCUT2D eigenvalue weighted by molar-refractivity contribution is -0.120. The summed E-state index contributed by atoms with van der Waals surface area (Å²) >= 11 is 0. The van der Waals surface area contributed by atoms with Crippen molar-refractivity contribution >= 4 is 5.91 Å². The zero-order valence-corrected chi connectivity index (χ0v) is 14.2. The lowest BCUT2D eigenvalue weighted by Crippen LogP contribution is -2.35. The fourth-order valence-corrected chi connectivity index (χ4v) is 2.94. The van der Waals surface area contributed by atoms with Gasteiger partial charge in [0.25, 0.3) is 0 Å². The number of benzene rings is 1. The average Bonchev–Trinajstić information content (AvgIpc) is 2.60. The third-order valence-electron chi connectivity index (χ3n) is 4.33. The number of allylic oxidation sites excluding steroid dienone is 1. The second-order valence-corrected chi connectivity index (χ2v) is 6.05. The normalized spacial score (nSPS) is 15.7. The van der Waals surface area contributed by atoms with Gasteiger partial charge in [0, 0.05) is 18.2 Å². The summed E-state index contributed by atoms with van der Waals surface area (Å²) in [7, 11) is 1.66. The van der Waals surface area contributed by atoms with Gasteiger partial charge in [-0.1, -0.05) is 29.8 Å². The van der Waals surface area contributed by atoms with Crippen LogP contribution in [0.1, 0.15) is 50.6 Å². The number of nitrogens with one attached hydrogen (secondary N) is 2. The van der Waals surface area contributed by atoms with Crippen molar-refractivity contribution in [1.82, 2.24) is 10.6 Å². The summed E-state index contributed by atoms with van der Waals surface area (Å²) in [4.78, 5) is 12.0. The van der Waals surface area contributed by atoms with Crippen LogP contribution >= 0.6 is 0 Å². The second kappa shape index (κ2) is 9.36. The standard InChI is InChI=1S/C19H28N2O2/c1-15(17-10-6-7-11-18(17)23-2)21-14-19(22)20-13-12-16-8-4-3-5-9-16/h6-8,10-11,15,21H,3-5,9,12-14H2,1-2H3,(H,20,22)/t15-/m0/s1. The van der Waals surface area contributed by atoms with E-state index in [2.05, 4.69) is 16.7 Å². The Balaban J connectivity index is 1.70. The van der Waals surface area contributed by atoms with E-state index in [4.69, 9.17) is 4.74 Å². The van der Waals surface area contributed by atoms with Gasteiger partial charge in [-0.3, -0.25) is 4.79 Å². The molecule has 1 aromatic rings. The molecule has 0 saturated heterocycles. The Morgan fingerprint density at radius 3 is 2.87 bits per heavy atom. The number of amides is 1. The zero-order valence-electron chi connectivity index (χ0n) is 14.2. The maximum Gasteiger partial charge on any atom is 0.233 e. The van der Waals surface area contributed by atoms with Crippen molar-refractivity contribution in [3.05, 3.63) is 41.5 Å². The van der Waals surface area contributed by atoms with Gasteiger partial charge in [0.1, 0.15) is 5.75 Å². The maximum absolute atomic E-state index is 12.0. The molecule has 0 heterocycles. The van der Waals surface area contributed by atoms with E-state index in [0.29, 0.717) is 6.54 Å². The molecule has 0 radical (unpaired) electrons. The molecule has 1 aliphatic rings. The van der Waals surface area contributed by atoms with E-state index in [-0.39, 0.29) is 11.9 Å². The molecule has 1 aliphatic carbocycles. The molecule has 0 aromatic heterocycles. The molecule has 0 bridgehead atoms. The minimum absolute atomic E-state index is 0.0446. The predicted molar refractivity (Wildman–Crippen MR) is 93.6 cm³/mol. The third kappa shape index (κ3) is 5.71. The maximum atomic E-state index is 12.0. The molecule has 126 valence electrons. The van der Waals surface area contributed by atoms with E-state index < -0.39 is 0 Å². The monoisotopic (exact) mass is 316 g/mol. The highest BCUT2D eigenvalue weighted by Crippen LogP contribution is 2.24. The summed E-state index contributed by atoms with van der Waals surface area (Å²) in [5, 5.41) is 6.25. The van der Waals surface area contributed by atoms with Gasteiger partial charge in [0.05, 0.1) is 13.7 Å². The summed E-state index contributed by atoms with van der Waals surface area (Å²) in [5.41, 5.74) is 2.56. The third-order valence-corrected chi connectivity index (χ3v) is 4.33. The van der Waals surface area contributed by atoms with Crippen LogP contribution in [0.2, 0.25) is 0 Å². The second-order valence-electron chi connectivity index (χ2n) is 6.05. The molecule has 4 nitrogen and oxygen atoms in total. The predicted octanol–water partition coefficient (Wildman–Crippen LogP) is 3.35. The highest BCUT2D eigenvalue weighted by molar-refractivity contribution is 5.78. The quantitative estimate of drug-likeness (QED) is 0.723. The number of rotatable bonds is 8. The fraction of sp³-hybridized carbons (Fsp3) is 0.526. The van der Waals surface area contributed by atoms with Crippen molar-refractivity contribution in [3.63, 3.8) is 0 Å². The van der Waals surface area contributed by atoms with Gasteiger partial charge in [-0.2, -0.15) is 0 Å². The van der Waals surface area contributed by atoms with E-state index in [9.17, 15) is 4.79 Å². The van der Waals surface area contributed by atoms with Crippen LogP contribution in [0.15, 0.2) is 35.9 Å². The molecule has 23 heavy (non-hydrogen) atoms. The van der Waals surface area contributed by atoms with Crippen LogP contribution in [-0.2, 0) is 4.79 Å². The SMILES string of the molecule is COc1ccccc1[C@H](C)NCC(=O)NCCC1=CCCCC1. The smallest absolute Gasteiger partial charge is 0.233 e. The van der Waals surface area contributed by atoms with E-state index in [0.717, 1.165) is 24.3 Å². The van der Waals surface area contributed by atoms with Crippen molar-refractivity contribution < 1.29 is 9.53 Å². The summed E-state index contributed by atoms with van der Waals surface area (Å²) in [6.07, 6.45) is 8.30. The van der Waals surface area contributed by atoms with Crippen LogP contribution in [0, 0.1) is 0 Å². The molecule has 0 aliphatic heterocycles. The average molecular weight is 316 g/mol. The molecule has 1 aromatic carbocycles. The van der Waals surface area contributed by atoms with Crippen molar-refractivity contribution in [2.24, 2.45) is 0 Å². The largest absolute Gasteiger partial charge is 0.496 e. The number of carbonyl (C=O) groups excluding carboxylic acids is 1. The Morgan fingerprint density at radius 2 is 2.13 bits per heavy atom. The number of carbonyl (C=O) groups is 1. The van der Waals surface area contributed by atoms with Gasteiger partial charge >= 0.3 is 0 Å². The van der Waals surface area contributed by atoms with Gasteiger partial charge in [-0.25, -0.2) is 0 Å². The Bertz CT molecular complexity index is 540. The summed E-state index contributed by atoms with van der Waals surface area (Å²) < 4.78 is 5.36. The Kier molecular flexibility index (Phi) is 7.14. The first-order valence-electron chi connectivity index (χ1n) is 8.51. The molecule has 1 atom stereocenters. The molecule has 2 rings (SSSR count). The van der Waals surface area contributed by atoms with Crippen LogP contribution in [0.4, 0.5) is 0 Å². The molecule has 0 spiro atoms. The van der Waals surface area contributed by atoms with E-state index >= 15 is 0 Å². The van der Waals surface area contributed by atoms with Crippen LogP contribution in [0.5, 0.6) is 5.75 Å². The lowest BCUT2D eigenvalue weighted by Gasteiger charge is -2.17. The number of para-hydroxylation sites is 1. The van der Waals surface area contributed by atoms with Gasteiger partial charge in [-0.05, 0) is 45.1 Å². The van der Waals surface area contributed by atoms with Crippen molar-refractivity contribution in [1.29, 1.82) is 0 Å². The molecule has 0 saturated carbocycles. The van der Waals surface area contributed by atoms with Gasteiger partial charge in [0.15, 0.2) is 0 Å². The van der Waals surface area contributed by atoms with Gasteiger partial charge in [0.2, 0.25) is 5.91 Å². The molecule has 1 amide bonds. The Labute approximate surface area is 139 Å². The van der Waals surface area contributed by atoms with Crippen molar-refractivity contribution in [2.45, 2.75) is 45.1 Å². The lowest BCUT2D eigenvalue weighted by atomic mass is 9.97. The number of hydrogen-bond donors (Lipinski definition) is 2. The van der Waals surface area contributed by atoms with E-state index in [1.165, 1.54) is 31.3 Å². The van der Waals surface area contributed by atoms with Crippen LogP contribution in [0.25, 0.3) is 0 Å². The number of methoxy groups -OCH3 is 1. The van der Waals surface area contributed by atoms with Crippen LogP contribution in [0.3, 0.4) is 0 Å². The topological polar surface area (TPSA) is 50.4 Å². The molecule has 0 fully saturated rings. The summed E-state index contributed by atoms with van der Waals surface area (Å²) in [5.74, 6) is 0.889. The van der Waals surface area contributed by atoms with Gasteiger partial charge < -0.3 is 15.4 Å². The first-order valence-corrected chi connectivity index (χ1v) is 8.51. The molecule has 0 unspecified atom stereocenters. The summed E-state index contributed by atoms with van der Waals surface area (Å²) in [6, 6.07) is 7.95. The summed E-state index contributed by atoms with van der Waals surface area (Å²) in [6.45, 7) is 3.09. The molecule has 4 heteroatoms. The Hall–Kier alpha value is -1.81.